The van der Waals surface area contributed by atoms with Crippen LogP contribution in [0.4, 0.5) is 4.39 Å². The number of allylic oxidation sites excluding steroid dienone is 2. The maximum absolute atomic E-state index is 12.6. The number of hydrogen-bond donors (Lipinski definition) is 1. The first-order valence-electron chi connectivity index (χ1n) is 3.39. The predicted octanol–water partition coefficient (Wildman–Crippen LogP) is 2.28. The van der Waals surface area contributed by atoms with Gasteiger partial charge in [-0.15, -0.1) is 0 Å². The fourth-order valence-electron chi connectivity index (χ4n) is 0.647. The summed E-state index contributed by atoms with van der Waals surface area (Å²) in [5.41, 5.74) is -0.255. The molecular formula is C8H11FO2. The largest absolute Gasteiger partial charge is 0.478 e. The first-order valence-corrected chi connectivity index (χ1v) is 3.39. The van der Waals surface area contributed by atoms with E-state index in [9.17, 15) is 9.18 Å². The van der Waals surface area contributed by atoms with Crippen molar-refractivity contribution in [3.63, 3.8) is 0 Å². The number of halogens is 1. The molecule has 0 saturated carbocycles. The molecule has 2 nitrogen and oxygen atoms in total. The Morgan fingerprint density at radius 1 is 1.64 bits per heavy atom. The van der Waals surface area contributed by atoms with Crippen LogP contribution in [0, 0.1) is 0 Å². The summed E-state index contributed by atoms with van der Waals surface area (Å²) in [6, 6.07) is 0. The summed E-state index contributed by atoms with van der Waals surface area (Å²) in [5.74, 6) is -1.90. The van der Waals surface area contributed by atoms with Gasteiger partial charge in [0.2, 0.25) is 0 Å². The number of carboxylic acid groups (broad SMARTS) is 1. The molecule has 62 valence electrons. The summed E-state index contributed by atoms with van der Waals surface area (Å²) in [6.45, 7) is 3.22. The Kier molecular flexibility index (Phi) is 4.18. The van der Waals surface area contributed by atoms with Crippen LogP contribution in [0.25, 0.3) is 0 Å². The van der Waals surface area contributed by atoms with Gasteiger partial charge in [0.1, 0.15) is 5.83 Å². The average Bonchev–Trinajstić information content (AvgIpc) is 1.98. The van der Waals surface area contributed by atoms with Gasteiger partial charge in [0, 0.05) is 0 Å². The van der Waals surface area contributed by atoms with Crippen molar-refractivity contribution in [1.82, 2.24) is 0 Å². The van der Waals surface area contributed by atoms with E-state index in [0.29, 0.717) is 6.42 Å². The molecule has 11 heavy (non-hydrogen) atoms. The van der Waals surface area contributed by atoms with Crippen LogP contribution < -0.4 is 0 Å². The van der Waals surface area contributed by atoms with Crippen LogP contribution in [0.5, 0.6) is 0 Å². The molecule has 0 aliphatic heterocycles. The van der Waals surface area contributed by atoms with Gasteiger partial charge in [-0.25, -0.2) is 9.18 Å². The molecule has 0 saturated heterocycles. The lowest BCUT2D eigenvalue weighted by atomic mass is 10.2. The molecule has 1 N–H and O–H groups in total. The minimum Gasteiger partial charge on any atom is -0.478 e. The molecule has 0 fully saturated rings. The predicted molar refractivity (Wildman–Crippen MR) is 40.9 cm³/mol. The molecule has 0 rings (SSSR count). The maximum Gasteiger partial charge on any atom is 0.338 e. The fraction of sp³-hybridized carbons (Fsp3) is 0.375. The zero-order chi connectivity index (χ0) is 8.85. The van der Waals surface area contributed by atoms with E-state index in [4.69, 9.17) is 5.11 Å². The zero-order valence-electron chi connectivity index (χ0n) is 6.60. The highest BCUT2D eigenvalue weighted by molar-refractivity contribution is 5.90. The summed E-state index contributed by atoms with van der Waals surface area (Å²) < 4.78 is 12.6. The lowest BCUT2D eigenvalue weighted by Gasteiger charge is -1.95. The molecule has 0 aliphatic rings. The average molecular weight is 158 g/mol. The van der Waals surface area contributed by atoms with E-state index < -0.39 is 11.8 Å². The van der Waals surface area contributed by atoms with Gasteiger partial charge in [0.15, 0.2) is 0 Å². The van der Waals surface area contributed by atoms with Gasteiger partial charge in [-0.05, 0) is 13.3 Å². The SMILES string of the molecule is C/C=C(F)\C(=C/CC)C(=O)O. The van der Waals surface area contributed by atoms with Crippen LogP contribution in [-0.2, 0) is 4.79 Å². The van der Waals surface area contributed by atoms with E-state index in [1.807, 2.05) is 0 Å². The summed E-state index contributed by atoms with van der Waals surface area (Å²) in [6.07, 6.45) is 3.00. The van der Waals surface area contributed by atoms with Crippen molar-refractivity contribution in [1.29, 1.82) is 0 Å². The third-order valence-electron chi connectivity index (χ3n) is 1.15. The molecule has 0 atom stereocenters. The molecule has 0 aromatic rings. The topological polar surface area (TPSA) is 37.3 Å². The second-order valence-corrected chi connectivity index (χ2v) is 1.97. The van der Waals surface area contributed by atoms with Crippen molar-refractivity contribution in [2.45, 2.75) is 20.3 Å². The highest BCUT2D eigenvalue weighted by Gasteiger charge is 2.10. The molecule has 0 radical (unpaired) electrons. The first kappa shape index (κ1) is 9.88. The van der Waals surface area contributed by atoms with Crippen LogP contribution in [0.3, 0.4) is 0 Å². The van der Waals surface area contributed by atoms with E-state index in [2.05, 4.69) is 0 Å². The summed E-state index contributed by atoms with van der Waals surface area (Å²) in [4.78, 5) is 10.3. The quantitative estimate of drug-likeness (QED) is 0.505. The third-order valence-corrected chi connectivity index (χ3v) is 1.15. The third kappa shape index (κ3) is 2.98. The standard InChI is InChI=1S/C8H11FO2/c1-3-5-6(8(10)11)7(9)4-2/h4-5H,3H2,1-2H3,(H,10,11)/b6-5+,7-4+. The Morgan fingerprint density at radius 2 is 2.18 bits per heavy atom. The van der Waals surface area contributed by atoms with E-state index in [-0.39, 0.29) is 5.57 Å². The molecule has 0 heterocycles. The summed E-state index contributed by atoms with van der Waals surface area (Å²) in [5, 5.41) is 8.46. The highest BCUT2D eigenvalue weighted by Crippen LogP contribution is 2.11. The Morgan fingerprint density at radius 3 is 2.45 bits per heavy atom. The lowest BCUT2D eigenvalue weighted by molar-refractivity contribution is -0.132. The molecule has 0 amide bonds. The second-order valence-electron chi connectivity index (χ2n) is 1.97. The van der Waals surface area contributed by atoms with Crippen LogP contribution in [0.2, 0.25) is 0 Å². The second kappa shape index (κ2) is 4.66. The van der Waals surface area contributed by atoms with Crippen molar-refractivity contribution in [2.75, 3.05) is 0 Å². The minimum atomic E-state index is -1.22. The number of aliphatic carboxylic acids is 1. The molecule has 0 aromatic heterocycles. The highest BCUT2D eigenvalue weighted by atomic mass is 19.1. The summed E-state index contributed by atoms with van der Waals surface area (Å²) in [7, 11) is 0. The number of carbonyl (C=O) groups is 1. The minimum absolute atomic E-state index is 0.255. The molecule has 0 bridgehead atoms. The van der Waals surface area contributed by atoms with Crippen LogP contribution >= 0.6 is 0 Å². The molecule has 0 unspecified atom stereocenters. The summed E-state index contributed by atoms with van der Waals surface area (Å²) >= 11 is 0. The smallest absolute Gasteiger partial charge is 0.338 e. The van der Waals surface area contributed by atoms with Gasteiger partial charge >= 0.3 is 5.97 Å². The fourth-order valence-corrected chi connectivity index (χ4v) is 0.647. The van der Waals surface area contributed by atoms with Gasteiger partial charge in [-0.1, -0.05) is 19.1 Å². The van der Waals surface area contributed by atoms with E-state index in [1.165, 1.54) is 13.0 Å². The van der Waals surface area contributed by atoms with Crippen molar-refractivity contribution >= 4 is 5.97 Å². The van der Waals surface area contributed by atoms with Crippen LogP contribution in [0.15, 0.2) is 23.6 Å². The van der Waals surface area contributed by atoms with Crippen LogP contribution in [0.1, 0.15) is 20.3 Å². The van der Waals surface area contributed by atoms with Crippen molar-refractivity contribution in [3.05, 3.63) is 23.6 Å². The zero-order valence-corrected chi connectivity index (χ0v) is 6.60. The molecule has 0 spiro atoms. The van der Waals surface area contributed by atoms with E-state index in [1.54, 1.807) is 6.92 Å². The number of carboxylic acids is 1. The first-order chi connectivity index (χ1) is 5.13. The van der Waals surface area contributed by atoms with Crippen molar-refractivity contribution in [2.24, 2.45) is 0 Å². The monoisotopic (exact) mass is 158 g/mol. The van der Waals surface area contributed by atoms with Gasteiger partial charge in [-0.2, -0.15) is 0 Å². The Balaban J connectivity index is 4.62. The van der Waals surface area contributed by atoms with E-state index >= 15 is 0 Å². The Hall–Kier alpha value is -1.12. The van der Waals surface area contributed by atoms with Crippen molar-refractivity contribution in [3.8, 4) is 0 Å². The van der Waals surface area contributed by atoms with E-state index in [0.717, 1.165) is 6.08 Å². The van der Waals surface area contributed by atoms with Gasteiger partial charge in [0.05, 0.1) is 5.57 Å². The lowest BCUT2D eigenvalue weighted by Crippen LogP contribution is -2.00. The number of rotatable bonds is 3. The van der Waals surface area contributed by atoms with Gasteiger partial charge in [-0.3, -0.25) is 0 Å². The van der Waals surface area contributed by atoms with Gasteiger partial charge in [0.25, 0.3) is 0 Å². The molecule has 0 aromatic carbocycles. The molecular weight excluding hydrogens is 147 g/mol. The molecule has 0 aliphatic carbocycles. The van der Waals surface area contributed by atoms with Crippen LogP contribution in [-0.4, -0.2) is 11.1 Å². The molecule has 3 heteroatoms. The number of hydrogen-bond acceptors (Lipinski definition) is 1. The Labute approximate surface area is 65.0 Å². The normalized spacial score (nSPS) is 13.4. The Bertz CT molecular complexity index is 204. The van der Waals surface area contributed by atoms with Gasteiger partial charge < -0.3 is 5.11 Å². The van der Waals surface area contributed by atoms with Crippen molar-refractivity contribution < 1.29 is 14.3 Å². The maximum atomic E-state index is 12.6.